The average molecular weight is 245 g/mol. The van der Waals surface area contributed by atoms with Crippen LogP contribution in [0.15, 0.2) is 67.3 Å². The lowest BCUT2D eigenvalue weighted by molar-refractivity contribution is 0.135. The van der Waals surface area contributed by atoms with Crippen LogP contribution in [0.25, 0.3) is 0 Å². The standard InChI is InChI=1S/C15H13ClO/c1-2-15(17,12-6-4-3-5-7-12)13-8-10-14(16)11-9-13/h2-11,17H,1H2. The van der Waals surface area contributed by atoms with E-state index in [1.54, 1.807) is 24.3 Å². The average Bonchev–Trinajstić information content (AvgIpc) is 2.40. The van der Waals surface area contributed by atoms with Crippen molar-refractivity contribution in [2.24, 2.45) is 0 Å². The van der Waals surface area contributed by atoms with Crippen LogP contribution in [0.3, 0.4) is 0 Å². The highest BCUT2D eigenvalue weighted by Crippen LogP contribution is 2.31. The Morgan fingerprint density at radius 2 is 1.47 bits per heavy atom. The largest absolute Gasteiger partial charge is 0.377 e. The Bertz CT molecular complexity index is 504. The summed E-state index contributed by atoms with van der Waals surface area (Å²) in [5.41, 5.74) is 0.367. The van der Waals surface area contributed by atoms with Crippen LogP contribution in [0.1, 0.15) is 11.1 Å². The molecule has 0 saturated carbocycles. The molecular weight excluding hydrogens is 232 g/mol. The summed E-state index contributed by atoms with van der Waals surface area (Å²) < 4.78 is 0. The molecule has 0 aromatic heterocycles. The molecule has 1 nitrogen and oxygen atoms in total. The molecule has 86 valence electrons. The zero-order valence-electron chi connectivity index (χ0n) is 9.31. The molecule has 0 spiro atoms. The van der Waals surface area contributed by atoms with Gasteiger partial charge in [-0.2, -0.15) is 0 Å². The smallest absolute Gasteiger partial charge is 0.133 e. The summed E-state index contributed by atoms with van der Waals surface area (Å²) in [4.78, 5) is 0. The van der Waals surface area contributed by atoms with E-state index in [1.165, 1.54) is 6.08 Å². The number of hydrogen-bond acceptors (Lipinski definition) is 1. The van der Waals surface area contributed by atoms with E-state index in [0.717, 1.165) is 11.1 Å². The van der Waals surface area contributed by atoms with E-state index in [1.807, 2.05) is 30.3 Å². The summed E-state index contributed by atoms with van der Waals surface area (Å²) in [5.74, 6) is 0. The van der Waals surface area contributed by atoms with Crippen molar-refractivity contribution in [1.29, 1.82) is 0 Å². The van der Waals surface area contributed by atoms with Gasteiger partial charge in [0.15, 0.2) is 0 Å². The molecule has 0 fully saturated rings. The fraction of sp³-hybridized carbons (Fsp3) is 0.0667. The first-order valence-electron chi connectivity index (χ1n) is 5.34. The summed E-state index contributed by atoms with van der Waals surface area (Å²) in [5, 5.41) is 11.3. The number of rotatable bonds is 3. The van der Waals surface area contributed by atoms with Gasteiger partial charge in [-0.15, -0.1) is 0 Å². The van der Waals surface area contributed by atoms with Crippen LogP contribution in [0, 0.1) is 0 Å². The first-order valence-corrected chi connectivity index (χ1v) is 5.72. The van der Waals surface area contributed by atoms with Gasteiger partial charge in [0.1, 0.15) is 5.60 Å². The molecule has 0 heterocycles. The molecular formula is C15H13ClO. The van der Waals surface area contributed by atoms with Gasteiger partial charge in [0.2, 0.25) is 0 Å². The zero-order valence-corrected chi connectivity index (χ0v) is 10.1. The van der Waals surface area contributed by atoms with Crippen molar-refractivity contribution in [3.8, 4) is 0 Å². The maximum Gasteiger partial charge on any atom is 0.133 e. The van der Waals surface area contributed by atoms with E-state index in [2.05, 4.69) is 6.58 Å². The molecule has 1 unspecified atom stereocenters. The number of aliphatic hydroxyl groups is 1. The fourth-order valence-electron chi connectivity index (χ4n) is 1.80. The van der Waals surface area contributed by atoms with Gasteiger partial charge in [-0.3, -0.25) is 0 Å². The second kappa shape index (κ2) is 4.74. The molecule has 0 aliphatic carbocycles. The van der Waals surface area contributed by atoms with E-state index < -0.39 is 5.60 Å². The lowest BCUT2D eigenvalue weighted by Gasteiger charge is -2.25. The summed E-state index contributed by atoms with van der Waals surface area (Å²) in [6, 6.07) is 16.6. The van der Waals surface area contributed by atoms with Crippen molar-refractivity contribution in [3.05, 3.63) is 83.4 Å². The number of benzene rings is 2. The topological polar surface area (TPSA) is 20.2 Å². The SMILES string of the molecule is C=CC(O)(c1ccccc1)c1ccc(Cl)cc1. The minimum absolute atomic E-state index is 0.647. The van der Waals surface area contributed by atoms with Crippen molar-refractivity contribution < 1.29 is 5.11 Å². The summed E-state index contributed by atoms with van der Waals surface area (Å²) in [6.07, 6.45) is 1.53. The van der Waals surface area contributed by atoms with Crippen LogP contribution in [0.5, 0.6) is 0 Å². The van der Waals surface area contributed by atoms with Crippen molar-refractivity contribution in [3.63, 3.8) is 0 Å². The van der Waals surface area contributed by atoms with Crippen molar-refractivity contribution in [2.75, 3.05) is 0 Å². The van der Waals surface area contributed by atoms with Gasteiger partial charge in [0, 0.05) is 5.02 Å². The van der Waals surface area contributed by atoms with Crippen LogP contribution < -0.4 is 0 Å². The molecule has 0 radical (unpaired) electrons. The molecule has 2 aromatic rings. The van der Waals surface area contributed by atoms with Gasteiger partial charge < -0.3 is 5.11 Å². The third-order valence-electron chi connectivity index (χ3n) is 2.79. The molecule has 1 atom stereocenters. The molecule has 0 saturated heterocycles. The Morgan fingerprint density at radius 1 is 0.941 bits per heavy atom. The highest BCUT2D eigenvalue weighted by molar-refractivity contribution is 6.30. The van der Waals surface area contributed by atoms with Crippen molar-refractivity contribution in [1.82, 2.24) is 0 Å². The molecule has 2 heteroatoms. The van der Waals surface area contributed by atoms with Crippen LogP contribution in [-0.4, -0.2) is 5.11 Å². The summed E-state index contributed by atoms with van der Waals surface area (Å²) in [6.45, 7) is 3.72. The summed E-state index contributed by atoms with van der Waals surface area (Å²) >= 11 is 5.84. The van der Waals surface area contributed by atoms with Crippen LogP contribution in [-0.2, 0) is 5.60 Å². The van der Waals surface area contributed by atoms with Crippen LogP contribution in [0.4, 0.5) is 0 Å². The van der Waals surface area contributed by atoms with Gasteiger partial charge >= 0.3 is 0 Å². The van der Waals surface area contributed by atoms with E-state index >= 15 is 0 Å². The predicted molar refractivity (Wildman–Crippen MR) is 71.1 cm³/mol. The Labute approximate surface area is 106 Å². The highest BCUT2D eigenvalue weighted by Gasteiger charge is 2.27. The van der Waals surface area contributed by atoms with E-state index in [-0.39, 0.29) is 0 Å². The molecule has 2 rings (SSSR count). The highest BCUT2D eigenvalue weighted by atomic mass is 35.5. The monoisotopic (exact) mass is 244 g/mol. The van der Waals surface area contributed by atoms with Gasteiger partial charge in [-0.05, 0) is 23.3 Å². The molecule has 0 amide bonds. The van der Waals surface area contributed by atoms with Crippen LogP contribution >= 0.6 is 11.6 Å². The second-order valence-electron chi connectivity index (χ2n) is 3.84. The lowest BCUT2D eigenvalue weighted by Crippen LogP contribution is -2.23. The predicted octanol–water partition coefficient (Wildman–Crippen LogP) is 3.76. The molecule has 0 bridgehead atoms. The Hall–Kier alpha value is -1.57. The van der Waals surface area contributed by atoms with E-state index in [4.69, 9.17) is 11.6 Å². The third kappa shape index (κ3) is 2.26. The minimum atomic E-state index is -1.17. The number of halogens is 1. The van der Waals surface area contributed by atoms with E-state index in [9.17, 15) is 5.11 Å². The Kier molecular flexibility index (Phi) is 3.32. The van der Waals surface area contributed by atoms with E-state index in [0.29, 0.717) is 5.02 Å². The number of hydrogen-bond donors (Lipinski definition) is 1. The quantitative estimate of drug-likeness (QED) is 0.815. The maximum atomic E-state index is 10.7. The molecule has 2 aromatic carbocycles. The second-order valence-corrected chi connectivity index (χ2v) is 4.28. The van der Waals surface area contributed by atoms with Gasteiger partial charge in [-0.25, -0.2) is 0 Å². The fourth-order valence-corrected chi connectivity index (χ4v) is 1.92. The minimum Gasteiger partial charge on any atom is -0.377 e. The van der Waals surface area contributed by atoms with Gasteiger partial charge in [0.25, 0.3) is 0 Å². The Balaban J connectivity index is 2.51. The van der Waals surface area contributed by atoms with Gasteiger partial charge in [-0.1, -0.05) is 66.7 Å². The van der Waals surface area contributed by atoms with Crippen molar-refractivity contribution in [2.45, 2.75) is 5.60 Å². The normalized spacial score (nSPS) is 14.0. The molecule has 0 aliphatic rings. The Morgan fingerprint density at radius 3 is 2.00 bits per heavy atom. The molecule has 17 heavy (non-hydrogen) atoms. The van der Waals surface area contributed by atoms with Gasteiger partial charge in [0.05, 0.1) is 0 Å². The first-order chi connectivity index (χ1) is 8.16. The lowest BCUT2D eigenvalue weighted by atomic mass is 9.86. The molecule has 1 N–H and O–H groups in total. The third-order valence-corrected chi connectivity index (χ3v) is 3.05. The zero-order chi connectivity index (χ0) is 12.3. The van der Waals surface area contributed by atoms with Crippen LogP contribution in [0.2, 0.25) is 5.02 Å². The van der Waals surface area contributed by atoms with Crippen molar-refractivity contribution >= 4 is 11.6 Å². The first kappa shape index (κ1) is 11.9. The molecule has 0 aliphatic heterocycles. The summed E-state index contributed by atoms with van der Waals surface area (Å²) in [7, 11) is 0. The maximum absolute atomic E-state index is 10.7.